The molecule has 16 heavy (non-hydrogen) atoms. The molecule has 1 heterocycles. The average Bonchev–Trinajstić information content (AvgIpc) is 2.65. The number of rotatable bonds is 7. The summed E-state index contributed by atoms with van der Waals surface area (Å²) in [6, 6.07) is 0. The van der Waals surface area contributed by atoms with Gasteiger partial charge < -0.3 is 9.84 Å². The Labute approximate surface area is 97.9 Å². The molecule has 0 unspecified atom stereocenters. The van der Waals surface area contributed by atoms with Crippen LogP contribution in [0.3, 0.4) is 0 Å². The summed E-state index contributed by atoms with van der Waals surface area (Å²) in [7, 11) is -2.98. The fraction of sp³-hybridized carbons (Fsp3) is 1.00. The molecule has 0 bridgehead atoms. The number of aliphatic hydroxyl groups is 1. The van der Waals surface area contributed by atoms with E-state index in [0.717, 1.165) is 19.3 Å². The van der Waals surface area contributed by atoms with Crippen LogP contribution in [0.4, 0.5) is 0 Å². The summed E-state index contributed by atoms with van der Waals surface area (Å²) in [4.78, 5) is 0. The minimum atomic E-state index is -2.98. The fourth-order valence-corrected chi connectivity index (χ4v) is 4.13. The van der Waals surface area contributed by atoms with Crippen molar-refractivity contribution in [3.8, 4) is 0 Å². The van der Waals surface area contributed by atoms with E-state index < -0.39 is 9.84 Å². The number of aliphatic hydroxyl groups excluding tert-OH is 1. The molecule has 1 rings (SSSR count). The minimum Gasteiger partial charge on any atom is -0.396 e. The maximum atomic E-state index is 11.9. The first-order chi connectivity index (χ1) is 7.58. The van der Waals surface area contributed by atoms with Crippen molar-refractivity contribution in [1.82, 2.24) is 0 Å². The third-order valence-corrected chi connectivity index (χ3v) is 5.50. The molecule has 0 radical (unpaired) electrons. The Balaban J connectivity index is 2.29. The SMILES string of the molecule is C[C@H]1OCC[C@H]1S(=O)(=O)CCCCCCO. The lowest BCUT2D eigenvalue weighted by atomic mass is 10.2. The molecule has 1 N–H and O–H groups in total. The van der Waals surface area contributed by atoms with Gasteiger partial charge in [0.25, 0.3) is 0 Å². The largest absolute Gasteiger partial charge is 0.396 e. The van der Waals surface area contributed by atoms with Gasteiger partial charge in [0.05, 0.1) is 17.1 Å². The quantitative estimate of drug-likeness (QED) is 0.688. The van der Waals surface area contributed by atoms with Crippen LogP contribution in [0.25, 0.3) is 0 Å². The van der Waals surface area contributed by atoms with Gasteiger partial charge >= 0.3 is 0 Å². The van der Waals surface area contributed by atoms with Crippen LogP contribution in [-0.4, -0.2) is 43.8 Å². The van der Waals surface area contributed by atoms with Gasteiger partial charge in [-0.15, -0.1) is 0 Å². The minimum absolute atomic E-state index is 0.151. The zero-order chi connectivity index (χ0) is 12.0. The second kappa shape index (κ2) is 6.57. The molecule has 0 spiro atoms. The van der Waals surface area contributed by atoms with Gasteiger partial charge in [-0.1, -0.05) is 12.8 Å². The predicted molar refractivity (Wildman–Crippen MR) is 63.2 cm³/mol. The topological polar surface area (TPSA) is 63.6 Å². The molecular weight excluding hydrogens is 228 g/mol. The Hall–Kier alpha value is -0.130. The van der Waals surface area contributed by atoms with Crippen molar-refractivity contribution in [2.75, 3.05) is 19.0 Å². The summed E-state index contributed by atoms with van der Waals surface area (Å²) < 4.78 is 29.2. The maximum Gasteiger partial charge on any atom is 0.155 e. The average molecular weight is 250 g/mol. The number of hydrogen-bond acceptors (Lipinski definition) is 4. The first-order valence-electron chi connectivity index (χ1n) is 6.02. The molecule has 5 heteroatoms. The van der Waals surface area contributed by atoms with Gasteiger partial charge in [-0.25, -0.2) is 8.42 Å². The monoisotopic (exact) mass is 250 g/mol. The molecule has 96 valence electrons. The van der Waals surface area contributed by atoms with Crippen molar-refractivity contribution in [2.45, 2.75) is 50.4 Å². The van der Waals surface area contributed by atoms with Crippen LogP contribution >= 0.6 is 0 Å². The van der Waals surface area contributed by atoms with Crippen LogP contribution in [0.2, 0.25) is 0 Å². The molecule has 0 saturated carbocycles. The van der Waals surface area contributed by atoms with Crippen LogP contribution < -0.4 is 0 Å². The summed E-state index contributed by atoms with van der Waals surface area (Å²) in [6.45, 7) is 2.59. The molecule has 0 aromatic heterocycles. The third-order valence-electron chi connectivity index (χ3n) is 3.10. The number of sulfone groups is 1. The van der Waals surface area contributed by atoms with Gasteiger partial charge in [0.1, 0.15) is 0 Å². The van der Waals surface area contributed by atoms with Crippen molar-refractivity contribution >= 4 is 9.84 Å². The van der Waals surface area contributed by atoms with E-state index in [0.29, 0.717) is 19.4 Å². The van der Waals surface area contributed by atoms with Gasteiger partial charge in [-0.2, -0.15) is 0 Å². The summed E-state index contributed by atoms with van der Waals surface area (Å²) in [5.41, 5.74) is 0. The molecule has 0 aromatic carbocycles. The van der Waals surface area contributed by atoms with E-state index in [2.05, 4.69) is 0 Å². The van der Waals surface area contributed by atoms with Gasteiger partial charge in [0, 0.05) is 13.2 Å². The molecule has 1 fully saturated rings. The van der Waals surface area contributed by atoms with Crippen molar-refractivity contribution in [3.05, 3.63) is 0 Å². The van der Waals surface area contributed by atoms with Gasteiger partial charge in [-0.3, -0.25) is 0 Å². The van der Waals surface area contributed by atoms with E-state index in [1.54, 1.807) is 0 Å². The molecule has 4 nitrogen and oxygen atoms in total. The van der Waals surface area contributed by atoms with E-state index in [9.17, 15) is 8.42 Å². The van der Waals surface area contributed by atoms with Gasteiger partial charge in [-0.05, 0) is 26.2 Å². The number of ether oxygens (including phenoxy) is 1. The second-order valence-electron chi connectivity index (χ2n) is 4.41. The zero-order valence-electron chi connectivity index (χ0n) is 9.89. The number of hydrogen-bond donors (Lipinski definition) is 1. The lowest BCUT2D eigenvalue weighted by Crippen LogP contribution is -2.30. The first-order valence-corrected chi connectivity index (χ1v) is 7.73. The van der Waals surface area contributed by atoms with Crippen molar-refractivity contribution in [1.29, 1.82) is 0 Å². The van der Waals surface area contributed by atoms with Crippen LogP contribution in [0.1, 0.15) is 39.0 Å². The molecule has 0 aromatic rings. The summed E-state index contributed by atoms with van der Waals surface area (Å²) in [5, 5.41) is 8.30. The van der Waals surface area contributed by atoms with Crippen molar-refractivity contribution in [2.24, 2.45) is 0 Å². The number of unbranched alkanes of at least 4 members (excludes halogenated alkanes) is 3. The Morgan fingerprint density at radius 3 is 2.50 bits per heavy atom. The van der Waals surface area contributed by atoms with E-state index in [-0.39, 0.29) is 23.7 Å². The molecule has 1 aliphatic heterocycles. The highest BCUT2D eigenvalue weighted by atomic mass is 32.2. The molecular formula is C11H22O4S. The predicted octanol–water partition coefficient (Wildman–Crippen LogP) is 1.13. The van der Waals surface area contributed by atoms with Crippen LogP contribution in [0.15, 0.2) is 0 Å². The Kier molecular flexibility index (Phi) is 5.72. The highest BCUT2D eigenvalue weighted by molar-refractivity contribution is 7.92. The Bertz CT molecular complexity index is 286. The molecule has 2 atom stereocenters. The lowest BCUT2D eigenvalue weighted by molar-refractivity contribution is 0.126. The summed E-state index contributed by atoms with van der Waals surface area (Å²) >= 11 is 0. The van der Waals surface area contributed by atoms with Crippen LogP contribution in [0, 0.1) is 0 Å². The zero-order valence-corrected chi connectivity index (χ0v) is 10.7. The molecule has 0 aliphatic carbocycles. The lowest BCUT2D eigenvalue weighted by Gasteiger charge is -2.14. The van der Waals surface area contributed by atoms with Crippen molar-refractivity contribution in [3.63, 3.8) is 0 Å². The Morgan fingerprint density at radius 1 is 1.25 bits per heavy atom. The third kappa shape index (κ3) is 4.03. The molecule has 1 aliphatic rings. The second-order valence-corrected chi connectivity index (χ2v) is 6.75. The van der Waals surface area contributed by atoms with E-state index >= 15 is 0 Å². The smallest absolute Gasteiger partial charge is 0.155 e. The van der Waals surface area contributed by atoms with Gasteiger partial charge in [0.2, 0.25) is 0 Å². The molecule has 0 amide bonds. The highest BCUT2D eigenvalue weighted by Gasteiger charge is 2.34. The standard InChI is InChI=1S/C11H22O4S/c1-10-11(6-8-15-10)16(13,14)9-5-3-2-4-7-12/h10-12H,2-9H2,1H3/t10-,11-/m1/s1. The summed E-state index contributed by atoms with van der Waals surface area (Å²) in [6.07, 6.45) is 3.74. The van der Waals surface area contributed by atoms with E-state index in [1.807, 2.05) is 6.92 Å². The first kappa shape index (κ1) is 13.9. The van der Waals surface area contributed by atoms with E-state index in [4.69, 9.17) is 9.84 Å². The fourth-order valence-electron chi connectivity index (χ4n) is 2.10. The van der Waals surface area contributed by atoms with Gasteiger partial charge in [0.15, 0.2) is 9.84 Å². The van der Waals surface area contributed by atoms with Crippen LogP contribution in [0.5, 0.6) is 0 Å². The van der Waals surface area contributed by atoms with E-state index in [1.165, 1.54) is 0 Å². The van der Waals surface area contributed by atoms with Crippen molar-refractivity contribution < 1.29 is 18.3 Å². The van der Waals surface area contributed by atoms with Crippen LogP contribution in [-0.2, 0) is 14.6 Å². The highest BCUT2D eigenvalue weighted by Crippen LogP contribution is 2.22. The molecule has 1 saturated heterocycles. The maximum absolute atomic E-state index is 11.9. The normalized spacial score (nSPS) is 26.1. The summed E-state index contributed by atoms with van der Waals surface area (Å²) in [5.74, 6) is 0.261. The Morgan fingerprint density at radius 2 is 1.94 bits per heavy atom.